The van der Waals surface area contributed by atoms with Gasteiger partial charge in [-0.05, 0) is 57.8 Å². The van der Waals surface area contributed by atoms with Crippen molar-refractivity contribution in [2.45, 2.75) is 64.1 Å². The van der Waals surface area contributed by atoms with Gasteiger partial charge in [0.1, 0.15) is 10.6 Å². The van der Waals surface area contributed by atoms with E-state index in [0.29, 0.717) is 6.54 Å². The van der Waals surface area contributed by atoms with Crippen molar-refractivity contribution in [3.8, 4) is 0 Å². The van der Waals surface area contributed by atoms with E-state index in [1.165, 1.54) is 38.7 Å². The molecular formula is C21H30N4O4S. The molecule has 9 heteroatoms. The Balaban J connectivity index is 1.60. The van der Waals surface area contributed by atoms with Crippen LogP contribution in [0.4, 0.5) is 0 Å². The van der Waals surface area contributed by atoms with Crippen molar-refractivity contribution in [2.24, 2.45) is 0 Å². The monoisotopic (exact) mass is 434 g/mol. The average Bonchev–Trinajstić information content (AvgIpc) is 3.06. The lowest BCUT2D eigenvalue weighted by molar-refractivity contribution is -0.122. The first-order valence-corrected chi connectivity index (χ1v) is 11.8. The van der Waals surface area contributed by atoms with Crippen LogP contribution in [0.25, 0.3) is 0 Å². The van der Waals surface area contributed by atoms with Gasteiger partial charge in [0.2, 0.25) is 15.9 Å². The molecule has 164 valence electrons. The molecule has 0 bridgehead atoms. The van der Waals surface area contributed by atoms with Crippen molar-refractivity contribution in [3.63, 3.8) is 0 Å². The summed E-state index contributed by atoms with van der Waals surface area (Å²) in [5.74, 6) is -0.197. The molecule has 2 aromatic rings. The Kier molecular flexibility index (Phi) is 7.27. The van der Waals surface area contributed by atoms with E-state index in [4.69, 9.17) is 4.52 Å². The number of amides is 1. The Morgan fingerprint density at radius 2 is 1.83 bits per heavy atom. The number of aromatic nitrogens is 1. The van der Waals surface area contributed by atoms with Crippen LogP contribution in [0.5, 0.6) is 0 Å². The highest BCUT2D eigenvalue weighted by molar-refractivity contribution is 7.89. The van der Waals surface area contributed by atoms with Crippen LogP contribution >= 0.6 is 0 Å². The molecule has 1 amide bonds. The van der Waals surface area contributed by atoms with Crippen LogP contribution in [0, 0.1) is 13.8 Å². The summed E-state index contributed by atoms with van der Waals surface area (Å²) >= 11 is 0. The van der Waals surface area contributed by atoms with E-state index in [9.17, 15) is 13.2 Å². The van der Waals surface area contributed by atoms with Gasteiger partial charge >= 0.3 is 0 Å². The van der Waals surface area contributed by atoms with Gasteiger partial charge in [-0.15, -0.1) is 0 Å². The first kappa shape index (κ1) is 22.5. The van der Waals surface area contributed by atoms with Crippen LogP contribution in [-0.2, 0) is 27.9 Å². The molecule has 1 aliphatic rings. The van der Waals surface area contributed by atoms with E-state index < -0.39 is 22.0 Å². The molecule has 0 saturated carbocycles. The number of aryl methyl sites for hydroxylation is 2. The summed E-state index contributed by atoms with van der Waals surface area (Å²) < 4.78 is 32.5. The van der Waals surface area contributed by atoms with Gasteiger partial charge in [0, 0.05) is 13.1 Å². The Hall–Kier alpha value is -2.23. The second kappa shape index (κ2) is 9.72. The minimum absolute atomic E-state index is 0.0194. The standard InChI is InChI=1S/C21H30N4O4S/c1-15-20(17(3)29-23-15)30(27,28)24-16(2)21(26)22-13-18-9-5-6-10-19(18)14-25-11-7-4-8-12-25/h5-6,9-10,16,24H,4,7-8,11-14H2,1-3H3,(H,22,26)/t16-/m0/s1. The number of rotatable bonds is 8. The maximum absolute atomic E-state index is 12.6. The lowest BCUT2D eigenvalue weighted by atomic mass is 10.0. The van der Waals surface area contributed by atoms with Gasteiger partial charge < -0.3 is 9.84 Å². The Morgan fingerprint density at radius 1 is 1.17 bits per heavy atom. The number of hydrogen-bond acceptors (Lipinski definition) is 6. The van der Waals surface area contributed by atoms with Gasteiger partial charge in [-0.25, -0.2) is 8.42 Å². The Bertz CT molecular complexity index is 961. The quantitative estimate of drug-likeness (QED) is 0.660. The van der Waals surface area contributed by atoms with Gasteiger partial charge in [-0.2, -0.15) is 4.72 Å². The normalized spacial score (nSPS) is 16.4. The van der Waals surface area contributed by atoms with Gasteiger partial charge in [-0.1, -0.05) is 35.8 Å². The number of hydrogen-bond donors (Lipinski definition) is 2. The van der Waals surface area contributed by atoms with Crippen LogP contribution in [-0.4, -0.2) is 43.5 Å². The summed E-state index contributed by atoms with van der Waals surface area (Å²) in [6.45, 7) is 8.00. The highest BCUT2D eigenvalue weighted by Gasteiger charge is 2.28. The summed E-state index contributed by atoms with van der Waals surface area (Å²) in [5, 5.41) is 6.52. The topological polar surface area (TPSA) is 105 Å². The predicted molar refractivity (Wildman–Crippen MR) is 113 cm³/mol. The summed E-state index contributed by atoms with van der Waals surface area (Å²) in [7, 11) is -3.91. The third-order valence-corrected chi connectivity index (χ3v) is 7.16. The highest BCUT2D eigenvalue weighted by atomic mass is 32.2. The number of benzene rings is 1. The zero-order valence-electron chi connectivity index (χ0n) is 17.8. The fraction of sp³-hybridized carbons (Fsp3) is 0.524. The number of piperidine rings is 1. The summed E-state index contributed by atoms with van der Waals surface area (Å²) in [6, 6.07) is 7.10. The molecule has 1 aromatic carbocycles. The molecule has 8 nitrogen and oxygen atoms in total. The molecule has 1 aromatic heterocycles. The molecule has 0 radical (unpaired) electrons. The summed E-state index contributed by atoms with van der Waals surface area (Å²) in [6.07, 6.45) is 3.74. The lowest BCUT2D eigenvalue weighted by Gasteiger charge is -2.27. The average molecular weight is 435 g/mol. The molecule has 2 heterocycles. The van der Waals surface area contributed by atoms with Crippen LogP contribution in [0.1, 0.15) is 48.8 Å². The van der Waals surface area contributed by atoms with Gasteiger partial charge in [0.25, 0.3) is 0 Å². The maximum Gasteiger partial charge on any atom is 0.246 e. The second-order valence-corrected chi connectivity index (χ2v) is 9.47. The smallest absolute Gasteiger partial charge is 0.246 e. The molecule has 1 fully saturated rings. The molecule has 30 heavy (non-hydrogen) atoms. The zero-order chi connectivity index (χ0) is 21.7. The van der Waals surface area contributed by atoms with Gasteiger partial charge in [0.05, 0.1) is 6.04 Å². The molecule has 0 spiro atoms. The fourth-order valence-electron chi connectivity index (χ4n) is 3.78. The lowest BCUT2D eigenvalue weighted by Crippen LogP contribution is -2.44. The van der Waals surface area contributed by atoms with E-state index in [-0.39, 0.29) is 16.3 Å². The SMILES string of the molecule is Cc1noc(C)c1S(=O)(=O)N[C@@H](C)C(=O)NCc1ccccc1CN1CCCCC1. The highest BCUT2D eigenvalue weighted by Crippen LogP contribution is 2.19. The third kappa shape index (κ3) is 5.47. The molecular weight excluding hydrogens is 404 g/mol. The summed E-state index contributed by atoms with van der Waals surface area (Å²) in [5.41, 5.74) is 2.49. The van der Waals surface area contributed by atoms with Gasteiger partial charge in [0.15, 0.2) is 5.76 Å². The van der Waals surface area contributed by atoms with Crippen LogP contribution in [0.2, 0.25) is 0 Å². The van der Waals surface area contributed by atoms with Crippen molar-refractivity contribution in [1.82, 2.24) is 20.1 Å². The van der Waals surface area contributed by atoms with E-state index >= 15 is 0 Å². The molecule has 1 saturated heterocycles. The molecule has 1 aliphatic heterocycles. The minimum atomic E-state index is -3.91. The first-order chi connectivity index (χ1) is 14.3. The molecule has 3 rings (SSSR count). The third-order valence-electron chi connectivity index (χ3n) is 5.38. The Labute approximate surface area is 178 Å². The van der Waals surface area contributed by atoms with Crippen molar-refractivity contribution in [3.05, 3.63) is 46.8 Å². The number of carbonyl (C=O) groups is 1. The zero-order valence-corrected chi connectivity index (χ0v) is 18.6. The number of nitrogens with one attached hydrogen (secondary N) is 2. The Morgan fingerprint density at radius 3 is 2.47 bits per heavy atom. The van der Waals surface area contributed by atoms with E-state index in [2.05, 4.69) is 26.2 Å². The van der Waals surface area contributed by atoms with Crippen molar-refractivity contribution in [2.75, 3.05) is 13.1 Å². The predicted octanol–water partition coefficient (Wildman–Crippen LogP) is 2.26. The molecule has 0 aliphatic carbocycles. The van der Waals surface area contributed by atoms with E-state index in [1.807, 2.05) is 18.2 Å². The number of nitrogens with zero attached hydrogens (tertiary/aromatic N) is 2. The van der Waals surface area contributed by atoms with Crippen molar-refractivity contribution >= 4 is 15.9 Å². The molecule has 0 unspecified atom stereocenters. The largest absolute Gasteiger partial charge is 0.360 e. The first-order valence-electron chi connectivity index (χ1n) is 10.3. The van der Waals surface area contributed by atoms with Crippen LogP contribution in [0.15, 0.2) is 33.7 Å². The van der Waals surface area contributed by atoms with Crippen molar-refractivity contribution < 1.29 is 17.7 Å². The number of likely N-dealkylation sites (tertiary alicyclic amines) is 1. The maximum atomic E-state index is 12.6. The molecule has 2 N–H and O–H groups in total. The van der Waals surface area contributed by atoms with Gasteiger partial charge in [-0.3, -0.25) is 9.69 Å². The number of carbonyl (C=O) groups excluding carboxylic acids is 1. The molecule has 1 atom stereocenters. The van der Waals surface area contributed by atoms with E-state index in [1.54, 1.807) is 6.92 Å². The van der Waals surface area contributed by atoms with Crippen molar-refractivity contribution in [1.29, 1.82) is 0 Å². The fourth-order valence-corrected chi connectivity index (χ4v) is 5.31. The number of sulfonamides is 1. The summed E-state index contributed by atoms with van der Waals surface area (Å²) in [4.78, 5) is 15.0. The van der Waals surface area contributed by atoms with Crippen LogP contribution < -0.4 is 10.0 Å². The second-order valence-electron chi connectivity index (χ2n) is 7.82. The minimum Gasteiger partial charge on any atom is -0.360 e. The van der Waals surface area contributed by atoms with E-state index in [0.717, 1.165) is 25.2 Å². The van der Waals surface area contributed by atoms with Crippen LogP contribution in [0.3, 0.4) is 0 Å².